The molecule has 0 aromatic rings. The van der Waals surface area contributed by atoms with Crippen LogP contribution in [-0.4, -0.2) is 35.2 Å². The molecule has 2 fully saturated rings. The number of esters is 1. The Hall–Kier alpha value is -1.10. The molecule has 0 radical (unpaired) electrons. The van der Waals surface area contributed by atoms with E-state index in [2.05, 4.69) is 5.32 Å². The number of piperidine rings is 1. The molecule has 1 heterocycles. The van der Waals surface area contributed by atoms with Gasteiger partial charge < -0.3 is 15.2 Å². The average Bonchev–Trinajstić information content (AvgIpc) is 2.70. The molecule has 0 aromatic carbocycles. The summed E-state index contributed by atoms with van der Waals surface area (Å²) in [7, 11) is 0. The quantitative estimate of drug-likeness (QED) is 0.667. The number of carboxylic acids is 1. The van der Waals surface area contributed by atoms with Crippen LogP contribution in [0, 0.1) is 11.3 Å². The fourth-order valence-corrected chi connectivity index (χ4v) is 2.45. The van der Waals surface area contributed by atoms with Crippen molar-refractivity contribution in [1.29, 1.82) is 0 Å². The van der Waals surface area contributed by atoms with Gasteiger partial charge in [0.15, 0.2) is 0 Å². The Balaban J connectivity index is 2.14. The smallest absolute Gasteiger partial charge is 0.321 e. The van der Waals surface area contributed by atoms with Crippen molar-refractivity contribution in [2.45, 2.75) is 38.8 Å². The highest BCUT2D eigenvalue weighted by molar-refractivity contribution is 5.91. The van der Waals surface area contributed by atoms with Crippen molar-refractivity contribution < 1.29 is 19.4 Å². The molecular weight excluding hydrogens is 210 g/mol. The minimum absolute atomic E-state index is 0.128. The third-order valence-electron chi connectivity index (χ3n) is 3.26. The van der Waals surface area contributed by atoms with E-state index in [0.29, 0.717) is 13.0 Å². The van der Waals surface area contributed by atoms with Gasteiger partial charge in [-0.05, 0) is 33.1 Å². The molecule has 5 heteroatoms. The van der Waals surface area contributed by atoms with Crippen molar-refractivity contribution in [3.63, 3.8) is 0 Å². The second-order valence-electron chi connectivity index (χ2n) is 5.62. The van der Waals surface area contributed by atoms with Crippen LogP contribution in [0.1, 0.15) is 27.2 Å². The van der Waals surface area contributed by atoms with E-state index in [4.69, 9.17) is 9.84 Å². The minimum Gasteiger partial charge on any atom is -0.480 e. The number of rotatable bonds is 2. The average molecular weight is 227 g/mol. The lowest BCUT2D eigenvalue weighted by Gasteiger charge is -2.25. The molecule has 2 aliphatic rings. The number of carbonyl (C=O) groups excluding carboxylic acids is 1. The number of nitrogens with one attached hydrogen (secondary N) is 1. The van der Waals surface area contributed by atoms with E-state index in [9.17, 15) is 9.59 Å². The monoisotopic (exact) mass is 227 g/mol. The first kappa shape index (κ1) is 11.4. The predicted octanol–water partition coefficient (Wildman–Crippen LogP) is 0.391. The number of aliphatic carboxylic acids is 1. The Morgan fingerprint density at radius 2 is 2.06 bits per heavy atom. The standard InChI is InChI=1S/C11H17NO4/c1-10(2,3)16-9(15)11-4-6(11)5-12-7(11)8(13)14/h6-7,12H,4-5H2,1-3H3,(H,13,14)/t6-,7-,11+/m0/s1. The predicted molar refractivity (Wildman–Crippen MR) is 55.8 cm³/mol. The lowest BCUT2D eigenvalue weighted by molar-refractivity contribution is -0.166. The van der Waals surface area contributed by atoms with Crippen molar-refractivity contribution in [3.05, 3.63) is 0 Å². The fourth-order valence-electron chi connectivity index (χ4n) is 2.45. The summed E-state index contributed by atoms with van der Waals surface area (Å²) < 4.78 is 5.30. The third-order valence-corrected chi connectivity index (χ3v) is 3.26. The highest BCUT2D eigenvalue weighted by Crippen LogP contribution is 2.59. The molecule has 1 saturated heterocycles. The van der Waals surface area contributed by atoms with Crippen LogP contribution >= 0.6 is 0 Å². The molecule has 5 nitrogen and oxygen atoms in total. The summed E-state index contributed by atoms with van der Waals surface area (Å²) in [4.78, 5) is 23.1. The van der Waals surface area contributed by atoms with Gasteiger partial charge in [-0.2, -0.15) is 0 Å². The normalized spacial score (nSPS) is 36.7. The maximum absolute atomic E-state index is 12.0. The second kappa shape index (κ2) is 3.20. The van der Waals surface area contributed by atoms with Gasteiger partial charge >= 0.3 is 11.9 Å². The molecule has 16 heavy (non-hydrogen) atoms. The van der Waals surface area contributed by atoms with E-state index in [1.807, 2.05) is 0 Å². The van der Waals surface area contributed by atoms with Crippen LogP contribution in [0.3, 0.4) is 0 Å². The van der Waals surface area contributed by atoms with Gasteiger partial charge in [0.05, 0.1) is 5.41 Å². The van der Waals surface area contributed by atoms with Crippen LogP contribution in [0.2, 0.25) is 0 Å². The molecule has 0 unspecified atom stereocenters. The van der Waals surface area contributed by atoms with Gasteiger partial charge in [-0.15, -0.1) is 0 Å². The van der Waals surface area contributed by atoms with Crippen LogP contribution in [0.15, 0.2) is 0 Å². The molecule has 1 saturated carbocycles. The molecular formula is C11H17NO4. The van der Waals surface area contributed by atoms with Crippen LogP contribution in [0.25, 0.3) is 0 Å². The summed E-state index contributed by atoms with van der Waals surface area (Å²) in [6.45, 7) is 5.96. The fraction of sp³-hybridized carbons (Fsp3) is 0.818. The number of carboxylic acid groups (broad SMARTS) is 1. The zero-order valence-corrected chi connectivity index (χ0v) is 9.74. The number of fused-ring (bicyclic) bond motifs is 1. The highest BCUT2D eigenvalue weighted by atomic mass is 16.6. The van der Waals surface area contributed by atoms with Crippen molar-refractivity contribution in [1.82, 2.24) is 5.32 Å². The van der Waals surface area contributed by atoms with Crippen molar-refractivity contribution in [2.24, 2.45) is 11.3 Å². The topological polar surface area (TPSA) is 75.6 Å². The SMILES string of the molecule is CC(C)(C)OC(=O)[C@]12C[C@H]1CN[C@H]2C(=O)O. The third kappa shape index (κ3) is 1.59. The molecule has 0 aromatic heterocycles. The number of hydrogen-bond donors (Lipinski definition) is 2. The zero-order valence-electron chi connectivity index (χ0n) is 9.74. The van der Waals surface area contributed by atoms with E-state index in [-0.39, 0.29) is 11.9 Å². The van der Waals surface area contributed by atoms with Crippen molar-refractivity contribution >= 4 is 11.9 Å². The first-order valence-corrected chi connectivity index (χ1v) is 5.47. The van der Waals surface area contributed by atoms with Crippen LogP contribution in [-0.2, 0) is 14.3 Å². The van der Waals surface area contributed by atoms with Crippen molar-refractivity contribution in [2.75, 3.05) is 6.54 Å². The van der Waals surface area contributed by atoms with Gasteiger partial charge in [0, 0.05) is 6.54 Å². The second-order valence-corrected chi connectivity index (χ2v) is 5.62. The van der Waals surface area contributed by atoms with Gasteiger partial charge in [-0.3, -0.25) is 9.59 Å². The molecule has 90 valence electrons. The maximum atomic E-state index is 12.0. The summed E-state index contributed by atoms with van der Waals surface area (Å²) in [5.41, 5.74) is -1.37. The lowest BCUT2D eigenvalue weighted by Crippen LogP contribution is -2.45. The Kier molecular flexibility index (Phi) is 2.28. The van der Waals surface area contributed by atoms with Gasteiger partial charge in [0.25, 0.3) is 0 Å². The summed E-state index contributed by atoms with van der Waals surface area (Å²) in [5.74, 6) is -1.21. The van der Waals surface area contributed by atoms with Gasteiger partial charge in [0.1, 0.15) is 11.6 Å². The molecule has 1 aliphatic heterocycles. The molecule has 3 atom stereocenters. The number of hydrogen-bond acceptors (Lipinski definition) is 4. The van der Waals surface area contributed by atoms with Gasteiger partial charge in [-0.25, -0.2) is 0 Å². The molecule has 0 bridgehead atoms. The van der Waals surface area contributed by atoms with E-state index in [1.165, 1.54) is 0 Å². The molecule has 0 amide bonds. The van der Waals surface area contributed by atoms with E-state index in [0.717, 1.165) is 0 Å². The maximum Gasteiger partial charge on any atom is 0.321 e. The summed E-state index contributed by atoms with van der Waals surface area (Å²) in [6, 6.07) is -0.785. The first-order valence-electron chi connectivity index (χ1n) is 5.47. The summed E-state index contributed by atoms with van der Waals surface area (Å²) in [5, 5.41) is 11.9. The Bertz CT molecular complexity index is 346. The lowest BCUT2D eigenvalue weighted by atomic mass is 9.96. The number of ether oxygens (including phenoxy) is 1. The minimum atomic E-state index is -0.967. The van der Waals surface area contributed by atoms with Crippen LogP contribution < -0.4 is 5.32 Å². The van der Waals surface area contributed by atoms with E-state index in [1.54, 1.807) is 20.8 Å². The van der Waals surface area contributed by atoms with Crippen LogP contribution in [0.4, 0.5) is 0 Å². The van der Waals surface area contributed by atoms with E-state index >= 15 is 0 Å². The number of carbonyl (C=O) groups is 2. The Labute approximate surface area is 94.2 Å². The molecule has 0 spiro atoms. The largest absolute Gasteiger partial charge is 0.480 e. The molecule has 2 rings (SSSR count). The summed E-state index contributed by atoms with van der Waals surface area (Å²) >= 11 is 0. The molecule has 1 aliphatic carbocycles. The van der Waals surface area contributed by atoms with Crippen molar-refractivity contribution in [3.8, 4) is 0 Å². The zero-order chi connectivity index (χ0) is 12.1. The van der Waals surface area contributed by atoms with Gasteiger partial charge in [0.2, 0.25) is 0 Å². The van der Waals surface area contributed by atoms with Gasteiger partial charge in [-0.1, -0.05) is 0 Å². The first-order chi connectivity index (χ1) is 7.27. The highest BCUT2D eigenvalue weighted by Gasteiger charge is 2.71. The molecule has 2 N–H and O–H groups in total. The Morgan fingerprint density at radius 1 is 1.44 bits per heavy atom. The van der Waals surface area contributed by atoms with E-state index < -0.39 is 23.0 Å². The summed E-state index contributed by atoms with van der Waals surface area (Å²) in [6.07, 6.45) is 0.631. The Morgan fingerprint density at radius 3 is 2.50 bits per heavy atom. The van der Waals surface area contributed by atoms with Crippen LogP contribution in [0.5, 0.6) is 0 Å².